The molecule has 2 rings (SSSR count). The summed E-state index contributed by atoms with van der Waals surface area (Å²) in [5.41, 5.74) is 0. The summed E-state index contributed by atoms with van der Waals surface area (Å²) in [4.78, 5) is 15.3. The van der Waals surface area contributed by atoms with Crippen LogP contribution in [0.4, 0.5) is 0 Å². The van der Waals surface area contributed by atoms with E-state index in [1.807, 2.05) is 29.2 Å². The molecule has 1 aliphatic rings. The van der Waals surface area contributed by atoms with E-state index in [4.69, 9.17) is 11.6 Å². The molecule has 3 nitrogen and oxygen atoms in total. The fraction of sp³-hybridized carbons (Fsp3) is 0.533. The number of benzene rings is 1. The summed E-state index contributed by atoms with van der Waals surface area (Å²) in [6.45, 7) is 3.70. The van der Waals surface area contributed by atoms with Gasteiger partial charge in [0.05, 0.1) is 0 Å². The SMILES string of the molecule is Cl.O=C(CCCSc1ccc(Cl)cc1)N1CCCNCC1. The van der Waals surface area contributed by atoms with Crippen molar-refractivity contribution in [2.45, 2.75) is 24.2 Å². The van der Waals surface area contributed by atoms with Crippen molar-refractivity contribution < 1.29 is 4.79 Å². The van der Waals surface area contributed by atoms with Crippen molar-refractivity contribution in [3.05, 3.63) is 29.3 Å². The summed E-state index contributed by atoms with van der Waals surface area (Å²) in [5.74, 6) is 1.27. The van der Waals surface area contributed by atoms with Gasteiger partial charge >= 0.3 is 0 Å². The molecule has 6 heteroatoms. The summed E-state index contributed by atoms with van der Waals surface area (Å²) in [6.07, 6.45) is 2.64. The lowest BCUT2D eigenvalue weighted by atomic mass is 10.3. The lowest BCUT2D eigenvalue weighted by Crippen LogP contribution is -2.34. The number of thioether (sulfide) groups is 1. The Hall–Kier alpha value is -0.420. The highest BCUT2D eigenvalue weighted by atomic mass is 35.5. The normalized spacial score (nSPS) is 15.2. The van der Waals surface area contributed by atoms with E-state index in [-0.39, 0.29) is 12.4 Å². The molecule has 21 heavy (non-hydrogen) atoms. The fourth-order valence-electron chi connectivity index (χ4n) is 2.20. The van der Waals surface area contributed by atoms with Gasteiger partial charge in [-0.05, 0) is 49.4 Å². The van der Waals surface area contributed by atoms with E-state index in [2.05, 4.69) is 5.32 Å². The number of rotatable bonds is 5. The average molecular weight is 349 g/mol. The molecule has 0 saturated carbocycles. The average Bonchev–Trinajstić information content (AvgIpc) is 2.74. The minimum absolute atomic E-state index is 0. The zero-order chi connectivity index (χ0) is 14.2. The maximum Gasteiger partial charge on any atom is 0.222 e. The summed E-state index contributed by atoms with van der Waals surface area (Å²) in [5, 5.41) is 4.08. The monoisotopic (exact) mass is 348 g/mol. The molecule has 0 atom stereocenters. The van der Waals surface area contributed by atoms with Gasteiger partial charge in [-0.2, -0.15) is 0 Å². The molecule has 0 radical (unpaired) electrons. The lowest BCUT2D eigenvalue weighted by Gasteiger charge is -2.19. The third kappa shape index (κ3) is 6.92. The van der Waals surface area contributed by atoms with E-state index in [9.17, 15) is 4.79 Å². The van der Waals surface area contributed by atoms with Crippen LogP contribution in [0.1, 0.15) is 19.3 Å². The van der Waals surface area contributed by atoms with Crippen LogP contribution in [0.25, 0.3) is 0 Å². The first kappa shape index (κ1) is 18.6. The zero-order valence-electron chi connectivity index (χ0n) is 12.0. The van der Waals surface area contributed by atoms with Crippen molar-refractivity contribution in [2.24, 2.45) is 0 Å². The second-order valence-electron chi connectivity index (χ2n) is 4.89. The molecule has 1 amide bonds. The van der Waals surface area contributed by atoms with Crippen LogP contribution in [0.5, 0.6) is 0 Å². The number of hydrogen-bond acceptors (Lipinski definition) is 3. The van der Waals surface area contributed by atoms with Gasteiger partial charge < -0.3 is 10.2 Å². The Balaban J connectivity index is 0.00000220. The van der Waals surface area contributed by atoms with Crippen molar-refractivity contribution in [1.82, 2.24) is 10.2 Å². The van der Waals surface area contributed by atoms with E-state index in [1.54, 1.807) is 11.8 Å². The van der Waals surface area contributed by atoms with Crippen LogP contribution in [0.15, 0.2) is 29.2 Å². The highest BCUT2D eigenvalue weighted by molar-refractivity contribution is 7.99. The summed E-state index contributed by atoms with van der Waals surface area (Å²) in [7, 11) is 0. The van der Waals surface area contributed by atoms with Crippen molar-refractivity contribution >= 4 is 41.7 Å². The number of carbonyl (C=O) groups excluding carboxylic acids is 1. The van der Waals surface area contributed by atoms with Gasteiger partial charge in [-0.3, -0.25) is 4.79 Å². The molecule has 0 unspecified atom stereocenters. The van der Waals surface area contributed by atoms with Crippen molar-refractivity contribution in [1.29, 1.82) is 0 Å². The van der Waals surface area contributed by atoms with Crippen molar-refractivity contribution in [2.75, 3.05) is 31.9 Å². The van der Waals surface area contributed by atoms with Crippen LogP contribution in [-0.4, -0.2) is 42.7 Å². The summed E-state index contributed by atoms with van der Waals surface area (Å²) >= 11 is 7.63. The van der Waals surface area contributed by atoms with Crippen molar-refractivity contribution in [3.63, 3.8) is 0 Å². The Labute approximate surface area is 142 Å². The van der Waals surface area contributed by atoms with Crippen LogP contribution < -0.4 is 5.32 Å². The second-order valence-corrected chi connectivity index (χ2v) is 6.50. The number of carbonyl (C=O) groups is 1. The lowest BCUT2D eigenvalue weighted by molar-refractivity contribution is -0.131. The third-order valence-electron chi connectivity index (χ3n) is 3.31. The molecule has 118 valence electrons. The molecule has 1 saturated heterocycles. The summed E-state index contributed by atoms with van der Waals surface area (Å²) in [6, 6.07) is 7.85. The van der Waals surface area contributed by atoms with E-state index in [0.29, 0.717) is 12.3 Å². The molecule has 1 fully saturated rings. The van der Waals surface area contributed by atoms with E-state index < -0.39 is 0 Å². The maximum absolute atomic E-state index is 12.1. The van der Waals surface area contributed by atoms with Crippen LogP contribution in [-0.2, 0) is 4.79 Å². The Bertz CT molecular complexity index is 420. The molecule has 0 aliphatic carbocycles. The minimum atomic E-state index is 0. The first-order chi connectivity index (χ1) is 9.75. The number of nitrogens with one attached hydrogen (secondary N) is 1. The van der Waals surface area contributed by atoms with Crippen LogP contribution in [0, 0.1) is 0 Å². The Morgan fingerprint density at radius 2 is 2.00 bits per heavy atom. The predicted molar refractivity (Wildman–Crippen MR) is 92.7 cm³/mol. The molecule has 0 aromatic heterocycles. The molecule has 1 heterocycles. The van der Waals surface area contributed by atoms with Gasteiger partial charge in [-0.15, -0.1) is 24.2 Å². The molecule has 1 aliphatic heterocycles. The fourth-order valence-corrected chi connectivity index (χ4v) is 3.18. The topological polar surface area (TPSA) is 32.3 Å². The van der Waals surface area contributed by atoms with Gasteiger partial charge in [0.25, 0.3) is 0 Å². The highest BCUT2D eigenvalue weighted by Gasteiger charge is 2.14. The molecule has 0 spiro atoms. The van der Waals surface area contributed by atoms with Gasteiger partial charge in [0, 0.05) is 36.0 Å². The molecule has 1 aromatic carbocycles. The van der Waals surface area contributed by atoms with Gasteiger partial charge in [0.1, 0.15) is 0 Å². The maximum atomic E-state index is 12.1. The first-order valence-electron chi connectivity index (χ1n) is 7.12. The Morgan fingerprint density at radius 1 is 1.24 bits per heavy atom. The predicted octanol–water partition coefficient (Wildman–Crippen LogP) is 3.46. The third-order valence-corrected chi connectivity index (χ3v) is 4.66. The van der Waals surface area contributed by atoms with E-state index >= 15 is 0 Å². The van der Waals surface area contributed by atoms with Gasteiger partial charge in [0.15, 0.2) is 0 Å². The number of halogens is 2. The molecular weight excluding hydrogens is 327 g/mol. The summed E-state index contributed by atoms with van der Waals surface area (Å²) < 4.78 is 0. The quantitative estimate of drug-likeness (QED) is 0.653. The number of amides is 1. The van der Waals surface area contributed by atoms with Crippen LogP contribution in [0.2, 0.25) is 5.02 Å². The van der Waals surface area contributed by atoms with Crippen LogP contribution in [0.3, 0.4) is 0 Å². The number of hydrogen-bond donors (Lipinski definition) is 1. The Morgan fingerprint density at radius 3 is 2.76 bits per heavy atom. The van der Waals surface area contributed by atoms with Gasteiger partial charge in [0.2, 0.25) is 5.91 Å². The van der Waals surface area contributed by atoms with Crippen molar-refractivity contribution in [3.8, 4) is 0 Å². The largest absolute Gasteiger partial charge is 0.341 e. The van der Waals surface area contributed by atoms with Crippen LogP contribution >= 0.6 is 35.8 Å². The molecule has 1 aromatic rings. The smallest absolute Gasteiger partial charge is 0.222 e. The van der Waals surface area contributed by atoms with Gasteiger partial charge in [-0.1, -0.05) is 11.6 Å². The van der Waals surface area contributed by atoms with E-state index in [1.165, 1.54) is 4.90 Å². The highest BCUT2D eigenvalue weighted by Crippen LogP contribution is 2.21. The Kier molecular flexibility index (Phi) is 9.16. The first-order valence-corrected chi connectivity index (χ1v) is 8.49. The molecule has 1 N–H and O–H groups in total. The minimum Gasteiger partial charge on any atom is -0.341 e. The molecular formula is C15H22Cl2N2OS. The number of nitrogens with zero attached hydrogens (tertiary/aromatic N) is 1. The zero-order valence-corrected chi connectivity index (χ0v) is 14.4. The van der Waals surface area contributed by atoms with Gasteiger partial charge in [-0.25, -0.2) is 0 Å². The molecule has 0 bridgehead atoms. The van der Waals surface area contributed by atoms with E-state index in [0.717, 1.165) is 49.8 Å². The standard InChI is InChI=1S/C15H21ClN2OS.ClH/c16-13-4-6-14(7-5-13)20-12-1-3-15(19)18-10-2-8-17-9-11-18;/h4-7,17H,1-3,8-12H2;1H. The second kappa shape index (κ2) is 10.3.